The van der Waals surface area contributed by atoms with Gasteiger partial charge in [-0.25, -0.2) is 8.42 Å². The number of halogens is 1. The lowest BCUT2D eigenvalue weighted by molar-refractivity contribution is -0.141. The Morgan fingerprint density at radius 1 is 1.13 bits per heavy atom. The second kappa shape index (κ2) is 8.34. The Bertz CT molecular complexity index is 1120. The monoisotopic (exact) mass is 447 g/mol. The van der Waals surface area contributed by atoms with Crippen molar-refractivity contribution in [2.24, 2.45) is 0 Å². The number of benzene rings is 2. The van der Waals surface area contributed by atoms with E-state index in [0.29, 0.717) is 16.1 Å². The molecule has 0 radical (unpaired) electrons. The predicted octanol–water partition coefficient (Wildman–Crippen LogP) is 4.14. The zero-order chi connectivity index (χ0) is 22.2. The van der Waals surface area contributed by atoms with Crippen molar-refractivity contribution in [3.63, 3.8) is 0 Å². The highest BCUT2D eigenvalue weighted by molar-refractivity contribution is 7.89. The first-order valence-corrected chi connectivity index (χ1v) is 11.1. The summed E-state index contributed by atoms with van der Waals surface area (Å²) >= 11 is 6.18. The molecule has 0 bridgehead atoms. The Labute approximate surface area is 181 Å². The van der Waals surface area contributed by atoms with Crippen LogP contribution in [-0.2, 0) is 24.3 Å². The molecule has 0 spiro atoms. The molecule has 1 aliphatic heterocycles. The molecule has 6 nitrogen and oxygen atoms in total. The van der Waals surface area contributed by atoms with Crippen LogP contribution in [0, 0.1) is 6.92 Å². The number of nitrogens with zero attached hydrogens (tertiary/aromatic N) is 1. The standard InChI is InChI=1S/C22H22ClNO5S/c1-13-5-8-17(9-6-13)30(27,28)24-20(12-21(26)29-4)18-10-7-16(23)11-19(18)22(24)14(2)15(3)25/h5-11,20,22H,2,12H2,1,3-4H3/t20-,22+/m1/s1. The number of Topliss-reactive ketones (excluding diaryl/α,β-unsaturated/α-hetero) is 1. The van der Waals surface area contributed by atoms with E-state index in [2.05, 4.69) is 6.58 Å². The molecule has 2 aromatic carbocycles. The molecule has 2 atom stereocenters. The van der Waals surface area contributed by atoms with Crippen molar-refractivity contribution in [2.75, 3.05) is 7.11 Å². The third-order valence-electron chi connectivity index (χ3n) is 5.23. The van der Waals surface area contributed by atoms with Gasteiger partial charge >= 0.3 is 5.97 Å². The van der Waals surface area contributed by atoms with Gasteiger partial charge in [0.2, 0.25) is 10.0 Å². The van der Waals surface area contributed by atoms with Gasteiger partial charge in [0, 0.05) is 10.6 Å². The smallest absolute Gasteiger partial charge is 0.307 e. The maximum absolute atomic E-state index is 13.7. The molecule has 8 heteroatoms. The fraction of sp³-hybridized carbons (Fsp3) is 0.273. The Kier molecular flexibility index (Phi) is 6.17. The number of carbonyl (C=O) groups is 2. The number of ether oxygens (including phenoxy) is 1. The molecule has 0 unspecified atom stereocenters. The molecular weight excluding hydrogens is 426 g/mol. The van der Waals surface area contributed by atoms with Crippen LogP contribution in [0.4, 0.5) is 0 Å². The van der Waals surface area contributed by atoms with E-state index >= 15 is 0 Å². The van der Waals surface area contributed by atoms with Gasteiger partial charge in [-0.3, -0.25) is 9.59 Å². The fourth-order valence-electron chi connectivity index (χ4n) is 3.65. The molecule has 158 valence electrons. The number of hydrogen-bond acceptors (Lipinski definition) is 5. The Morgan fingerprint density at radius 2 is 1.77 bits per heavy atom. The van der Waals surface area contributed by atoms with Crippen molar-refractivity contribution < 1.29 is 22.7 Å². The maximum Gasteiger partial charge on any atom is 0.307 e. The SMILES string of the molecule is C=C(C(C)=O)[C@H]1c2cc(Cl)ccc2[C@@H](CC(=O)OC)N1S(=O)(=O)c1ccc(C)cc1. The van der Waals surface area contributed by atoms with Gasteiger partial charge in [0.05, 0.1) is 30.5 Å². The van der Waals surface area contributed by atoms with Crippen LogP contribution in [0.1, 0.15) is 42.1 Å². The molecule has 0 saturated heterocycles. The van der Waals surface area contributed by atoms with Crippen molar-refractivity contribution in [3.05, 3.63) is 76.3 Å². The fourth-order valence-corrected chi connectivity index (χ4v) is 5.60. The zero-order valence-electron chi connectivity index (χ0n) is 16.9. The molecular formula is C22H22ClNO5S. The molecule has 0 fully saturated rings. The summed E-state index contributed by atoms with van der Waals surface area (Å²) in [7, 11) is -2.86. The first-order chi connectivity index (χ1) is 14.1. The maximum atomic E-state index is 13.7. The summed E-state index contributed by atoms with van der Waals surface area (Å²) in [6.07, 6.45) is -0.210. The van der Waals surface area contributed by atoms with Crippen molar-refractivity contribution >= 4 is 33.4 Å². The Balaban J connectivity index is 2.26. The van der Waals surface area contributed by atoms with E-state index in [1.54, 1.807) is 30.3 Å². The van der Waals surface area contributed by atoms with Crippen LogP contribution in [-0.4, -0.2) is 31.6 Å². The lowest BCUT2D eigenvalue weighted by atomic mass is 9.96. The summed E-state index contributed by atoms with van der Waals surface area (Å²) in [5.41, 5.74) is 2.13. The van der Waals surface area contributed by atoms with Gasteiger partial charge in [-0.05, 0) is 49.2 Å². The van der Waals surface area contributed by atoms with Gasteiger partial charge in [0.1, 0.15) is 0 Å². The third kappa shape index (κ3) is 3.93. The topological polar surface area (TPSA) is 80.8 Å². The molecule has 2 aromatic rings. The highest BCUT2D eigenvalue weighted by Gasteiger charge is 2.48. The minimum atomic E-state index is -4.10. The van der Waals surface area contributed by atoms with Crippen LogP contribution >= 0.6 is 11.6 Å². The highest BCUT2D eigenvalue weighted by atomic mass is 35.5. The number of rotatable bonds is 6. The number of esters is 1. The van der Waals surface area contributed by atoms with Crippen molar-refractivity contribution in [3.8, 4) is 0 Å². The summed E-state index contributed by atoms with van der Waals surface area (Å²) in [5.74, 6) is -0.923. The van der Waals surface area contributed by atoms with E-state index < -0.39 is 28.1 Å². The van der Waals surface area contributed by atoms with Crippen LogP contribution in [0.15, 0.2) is 59.5 Å². The van der Waals surface area contributed by atoms with Crippen molar-refractivity contribution in [1.82, 2.24) is 4.31 Å². The average Bonchev–Trinajstić information content (AvgIpc) is 3.01. The van der Waals surface area contributed by atoms with Gasteiger partial charge in [-0.15, -0.1) is 0 Å². The van der Waals surface area contributed by atoms with E-state index in [1.165, 1.54) is 30.5 Å². The molecule has 0 aromatic heterocycles. The summed E-state index contributed by atoms with van der Waals surface area (Å²) in [6, 6.07) is 9.47. The zero-order valence-corrected chi connectivity index (χ0v) is 18.5. The number of sulfonamides is 1. The molecule has 0 amide bonds. The molecule has 30 heavy (non-hydrogen) atoms. The number of hydrogen-bond donors (Lipinski definition) is 0. The van der Waals surface area contributed by atoms with E-state index in [1.807, 2.05) is 6.92 Å². The average molecular weight is 448 g/mol. The third-order valence-corrected chi connectivity index (χ3v) is 7.35. The predicted molar refractivity (Wildman–Crippen MR) is 114 cm³/mol. The quantitative estimate of drug-likeness (QED) is 0.491. The summed E-state index contributed by atoms with van der Waals surface area (Å²) < 4.78 is 33.4. The highest BCUT2D eigenvalue weighted by Crippen LogP contribution is 2.50. The number of fused-ring (bicyclic) bond motifs is 1. The minimum absolute atomic E-state index is 0.0585. The van der Waals surface area contributed by atoms with Gasteiger partial charge < -0.3 is 4.74 Å². The van der Waals surface area contributed by atoms with Crippen LogP contribution < -0.4 is 0 Å². The largest absolute Gasteiger partial charge is 0.469 e. The minimum Gasteiger partial charge on any atom is -0.469 e. The van der Waals surface area contributed by atoms with Gasteiger partial charge in [-0.1, -0.05) is 41.9 Å². The lowest BCUT2D eigenvalue weighted by Gasteiger charge is -2.30. The van der Waals surface area contributed by atoms with Crippen LogP contribution in [0.2, 0.25) is 5.02 Å². The Hall–Kier alpha value is -2.48. The first-order valence-electron chi connectivity index (χ1n) is 9.24. The van der Waals surface area contributed by atoms with Gasteiger partial charge in [0.25, 0.3) is 0 Å². The molecule has 0 saturated carbocycles. The van der Waals surface area contributed by atoms with Crippen LogP contribution in [0.25, 0.3) is 0 Å². The normalized spacial score (nSPS) is 18.7. The van der Waals surface area contributed by atoms with Gasteiger partial charge in [-0.2, -0.15) is 4.31 Å². The number of ketones is 1. The van der Waals surface area contributed by atoms with Crippen LogP contribution in [0.5, 0.6) is 0 Å². The molecule has 1 heterocycles. The van der Waals surface area contributed by atoms with Crippen molar-refractivity contribution in [1.29, 1.82) is 0 Å². The van der Waals surface area contributed by atoms with E-state index in [4.69, 9.17) is 16.3 Å². The number of methoxy groups -OCH3 is 1. The molecule has 3 rings (SSSR count). The summed E-state index contributed by atoms with van der Waals surface area (Å²) in [5, 5.41) is 0.390. The molecule has 0 aliphatic carbocycles. The second-order valence-electron chi connectivity index (χ2n) is 7.20. The number of carbonyl (C=O) groups excluding carboxylic acids is 2. The van der Waals surface area contributed by atoms with E-state index in [-0.39, 0.29) is 22.7 Å². The lowest BCUT2D eigenvalue weighted by Crippen LogP contribution is -2.36. The Morgan fingerprint density at radius 3 is 2.33 bits per heavy atom. The number of aryl methyl sites for hydroxylation is 1. The van der Waals surface area contributed by atoms with Crippen molar-refractivity contribution in [2.45, 2.75) is 37.2 Å². The summed E-state index contributed by atoms with van der Waals surface area (Å²) in [6.45, 7) is 7.04. The second-order valence-corrected chi connectivity index (χ2v) is 9.48. The molecule has 0 N–H and O–H groups in total. The van der Waals surface area contributed by atoms with E-state index in [0.717, 1.165) is 5.56 Å². The molecule has 1 aliphatic rings. The van der Waals surface area contributed by atoms with E-state index in [9.17, 15) is 18.0 Å². The first kappa shape index (κ1) is 22.2. The van der Waals surface area contributed by atoms with Crippen LogP contribution in [0.3, 0.4) is 0 Å². The summed E-state index contributed by atoms with van der Waals surface area (Å²) in [4.78, 5) is 24.4. The van der Waals surface area contributed by atoms with Gasteiger partial charge in [0.15, 0.2) is 5.78 Å².